The van der Waals surface area contributed by atoms with Crippen LogP contribution in [-0.4, -0.2) is 56.2 Å². The minimum Gasteiger partial charge on any atom is -0.389 e. The molecule has 0 amide bonds. The number of nitrogens with zero attached hydrogens (tertiary/aromatic N) is 4. The molecule has 0 spiro atoms. The van der Waals surface area contributed by atoms with Crippen LogP contribution in [0.4, 0.5) is 23.5 Å². The molecule has 3 aromatic heterocycles. The predicted octanol–water partition coefficient (Wildman–Crippen LogP) is 3.33. The maximum absolute atomic E-state index is 14.4. The van der Waals surface area contributed by atoms with Crippen LogP contribution in [-0.2, 0) is 10.2 Å². The summed E-state index contributed by atoms with van der Waals surface area (Å²) in [6.07, 6.45) is -2.19. The Balaban J connectivity index is 1.67. The molecule has 4 heterocycles. The normalized spacial score (nSPS) is 20.2. The molecule has 2 N–H and O–H groups in total. The maximum Gasteiger partial charge on any atom is 0.397 e. The number of aliphatic hydroxyl groups excluding tert-OH is 1. The van der Waals surface area contributed by atoms with E-state index < -0.39 is 23.5 Å². The lowest BCUT2D eigenvalue weighted by Gasteiger charge is -2.28. The third-order valence-electron chi connectivity index (χ3n) is 5.57. The van der Waals surface area contributed by atoms with Crippen molar-refractivity contribution in [1.82, 2.24) is 19.6 Å². The Morgan fingerprint density at radius 1 is 1.19 bits per heavy atom. The number of nitrogens with one attached hydrogen (secondary N) is 1. The summed E-state index contributed by atoms with van der Waals surface area (Å²) in [4.78, 5) is 8.22. The van der Waals surface area contributed by atoms with Crippen LogP contribution in [0, 0.1) is 5.82 Å². The Morgan fingerprint density at radius 2 is 1.97 bits per heavy atom. The first-order valence-electron chi connectivity index (χ1n) is 9.68. The molecule has 11 heteroatoms. The first-order chi connectivity index (χ1) is 14.6. The molecule has 0 saturated carbocycles. The summed E-state index contributed by atoms with van der Waals surface area (Å²) in [5.41, 5.74) is -1.46. The van der Waals surface area contributed by atoms with Gasteiger partial charge in [-0.15, -0.1) is 5.10 Å². The van der Waals surface area contributed by atoms with E-state index >= 15 is 0 Å². The number of hydrogen-bond acceptors (Lipinski definition) is 6. The monoisotopic (exact) mass is 439 g/mol. The van der Waals surface area contributed by atoms with E-state index in [1.54, 1.807) is 0 Å². The van der Waals surface area contributed by atoms with Crippen molar-refractivity contribution < 1.29 is 27.4 Å². The molecular weight excluding hydrogens is 418 g/mol. The lowest BCUT2D eigenvalue weighted by molar-refractivity contribution is -0.180. The molecule has 0 radical (unpaired) electrons. The Morgan fingerprint density at radius 3 is 2.61 bits per heavy atom. The van der Waals surface area contributed by atoms with Crippen molar-refractivity contribution in [3.8, 4) is 11.4 Å². The van der Waals surface area contributed by atoms with Crippen molar-refractivity contribution >= 4 is 11.5 Å². The smallest absolute Gasteiger partial charge is 0.389 e. The SMILES string of the molecule is CC(C)(c1ccc(-c2cc(F)c3cnc(N[C@@H]4CCOC[C@H]4O)nn23)nc1)C(F)(F)F. The molecule has 0 aliphatic carbocycles. The van der Waals surface area contributed by atoms with E-state index in [2.05, 4.69) is 20.4 Å². The van der Waals surface area contributed by atoms with Crippen molar-refractivity contribution in [1.29, 1.82) is 0 Å². The Bertz CT molecular complexity index is 1080. The van der Waals surface area contributed by atoms with Crippen LogP contribution in [0.25, 0.3) is 16.9 Å². The van der Waals surface area contributed by atoms with E-state index in [-0.39, 0.29) is 41.1 Å². The number of halogens is 4. The number of anilines is 1. The highest BCUT2D eigenvalue weighted by Gasteiger charge is 2.48. The molecule has 1 aliphatic heterocycles. The number of pyridine rings is 1. The largest absolute Gasteiger partial charge is 0.397 e. The zero-order chi connectivity index (χ0) is 22.4. The van der Waals surface area contributed by atoms with Crippen LogP contribution < -0.4 is 5.32 Å². The van der Waals surface area contributed by atoms with E-state index in [0.717, 1.165) is 20.0 Å². The second-order valence-electron chi connectivity index (χ2n) is 7.99. The molecule has 1 aliphatic rings. The van der Waals surface area contributed by atoms with Gasteiger partial charge < -0.3 is 15.2 Å². The van der Waals surface area contributed by atoms with Gasteiger partial charge in [0.1, 0.15) is 5.52 Å². The van der Waals surface area contributed by atoms with Crippen molar-refractivity contribution in [2.24, 2.45) is 0 Å². The van der Waals surface area contributed by atoms with Crippen LogP contribution in [0.15, 0.2) is 30.6 Å². The summed E-state index contributed by atoms with van der Waals surface area (Å²) in [7, 11) is 0. The van der Waals surface area contributed by atoms with Crippen molar-refractivity contribution in [2.75, 3.05) is 18.5 Å². The number of fused-ring (bicyclic) bond motifs is 1. The van der Waals surface area contributed by atoms with Gasteiger partial charge in [-0.1, -0.05) is 6.07 Å². The highest BCUT2D eigenvalue weighted by Crippen LogP contribution is 2.40. The Kier molecular flexibility index (Phi) is 5.34. The van der Waals surface area contributed by atoms with Gasteiger partial charge in [-0.2, -0.15) is 13.2 Å². The predicted molar refractivity (Wildman–Crippen MR) is 104 cm³/mol. The Labute approximate surface area is 175 Å². The van der Waals surface area contributed by atoms with Gasteiger partial charge in [0, 0.05) is 18.9 Å². The van der Waals surface area contributed by atoms with Crippen molar-refractivity contribution in [3.05, 3.63) is 42.0 Å². The van der Waals surface area contributed by atoms with Crippen molar-refractivity contribution in [2.45, 2.75) is 44.0 Å². The molecule has 0 unspecified atom stereocenters. The van der Waals surface area contributed by atoms with Gasteiger partial charge in [-0.25, -0.2) is 13.9 Å². The van der Waals surface area contributed by atoms with Gasteiger partial charge >= 0.3 is 6.18 Å². The van der Waals surface area contributed by atoms with Crippen LogP contribution in [0.2, 0.25) is 0 Å². The van der Waals surface area contributed by atoms with Crippen LogP contribution in [0.3, 0.4) is 0 Å². The summed E-state index contributed by atoms with van der Waals surface area (Å²) >= 11 is 0. The molecule has 31 heavy (non-hydrogen) atoms. The summed E-state index contributed by atoms with van der Waals surface area (Å²) < 4.78 is 60.8. The minimum atomic E-state index is -4.44. The number of ether oxygens (including phenoxy) is 1. The fourth-order valence-corrected chi connectivity index (χ4v) is 3.34. The highest BCUT2D eigenvalue weighted by atomic mass is 19.4. The molecular formula is C20H21F4N5O2. The van der Waals surface area contributed by atoms with Crippen molar-refractivity contribution in [3.63, 3.8) is 0 Å². The lowest BCUT2D eigenvalue weighted by Crippen LogP contribution is -2.42. The molecule has 1 fully saturated rings. The fourth-order valence-electron chi connectivity index (χ4n) is 3.34. The second kappa shape index (κ2) is 7.72. The molecule has 4 rings (SSSR count). The fraction of sp³-hybridized carbons (Fsp3) is 0.450. The van der Waals surface area contributed by atoms with Gasteiger partial charge in [0.25, 0.3) is 0 Å². The summed E-state index contributed by atoms with van der Waals surface area (Å²) in [5, 5.41) is 17.3. The average Bonchev–Trinajstić information content (AvgIpc) is 3.05. The van der Waals surface area contributed by atoms with Crippen LogP contribution in [0.5, 0.6) is 0 Å². The number of aromatic nitrogens is 4. The topological polar surface area (TPSA) is 84.6 Å². The first kappa shape index (κ1) is 21.4. The summed E-state index contributed by atoms with van der Waals surface area (Å²) in [6.45, 7) is 2.82. The lowest BCUT2D eigenvalue weighted by atomic mass is 9.85. The van der Waals surface area contributed by atoms with Gasteiger partial charge in [0.05, 0.1) is 41.8 Å². The molecule has 166 valence electrons. The number of aliphatic hydroxyl groups is 1. The highest BCUT2D eigenvalue weighted by molar-refractivity contribution is 5.64. The Hall–Kier alpha value is -2.79. The molecule has 2 atom stereocenters. The van der Waals surface area contributed by atoms with Gasteiger partial charge in [0.15, 0.2) is 5.82 Å². The van der Waals surface area contributed by atoms with E-state index in [0.29, 0.717) is 13.0 Å². The van der Waals surface area contributed by atoms with Crippen LogP contribution in [0.1, 0.15) is 25.8 Å². The standard InChI is InChI=1S/C20H21F4N5O2/c1-19(2,20(22,23)24)11-3-4-13(25-8-11)15-7-12(21)16-9-26-18(28-29(15)16)27-14-5-6-31-10-17(14)30/h3-4,7-9,14,17,30H,5-6,10H2,1-2H3,(H,27,28)/t14-,17-/m1/s1. The van der Waals surface area contributed by atoms with E-state index in [4.69, 9.17) is 4.74 Å². The average molecular weight is 439 g/mol. The first-order valence-corrected chi connectivity index (χ1v) is 9.68. The maximum atomic E-state index is 14.4. The van der Waals surface area contributed by atoms with E-state index in [9.17, 15) is 22.7 Å². The second-order valence-corrected chi connectivity index (χ2v) is 7.99. The summed E-state index contributed by atoms with van der Waals surface area (Å²) in [6, 6.07) is 3.61. The number of alkyl halides is 3. The third kappa shape index (κ3) is 3.94. The van der Waals surface area contributed by atoms with E-state index in [1.165, 1.54) is 28.9 Å². The number of hydrogen-bond donors (Lipinski definition) is 2. The van der Waals surface area contributed by atoms with E-state index in [1.807, 2.05) is 0 Å². The molecule has 1 saturated heterocycles. The molecule has 3 aromatic rings. The van der Waals surface area contributed by atoms with Gasteiger partial charge in [-0.05, 0) is 31.9 Å². The molecule has 0 aromatic carbocycles. The third-order valence-corrected chi connectivity index (χ3v) is 5.57. The minimum absolute atomic E-state index is 0.00410. The zero-order valence-corrected chi connectivity index (χ0v) is 16.8. The summed E-state index contributed by atoms with van der Waals surface area (Å²) in [5.74, 6) is -0.417. The van der Waals surface area contributed by atoms with Gasteiger partial charge in [0.2, 0.25) is 5.95 Å². The number of rotatable bonds is 4. The zero-order valence-electron chi connectivity index (χ0n) is 16.8. The van der Waals surface area contributed by atoms with Crippen LogP contribution >= 0.6 is 0 Å². The molecule has 0 bridgehead atoms. The molecule has 7 nitrogen and oxygen atoms in total. The quantitative estimate of drug-likeness (QED) is 0.607. The van der Waals surface area contributed by atoms with Gasteiger partial charge in [-0.3, -0.25) is 4.98 Å².